The second kappa shape index (κ2) is 4.88. The Hall–Kier alpha value is -1.02. The van der Waals surface area contributed by atoms with E-state index in [9.17, 15) is 5.11 Å². The zero-order valence-electron chi connectivity index (χ0n) is 10.2. The molecule has 1 heterocycles. The number of hydrogen-bond donors (Lipinski definition) is 1. The lowest BCUT2D eigenvalue weighted by atomic mass is 9.95. The van der Waals surface area contributed by atoms with Gasteiger partial charge in [0.15, 0.2) is 0 Å². The van der Waals surface area contributed by atoms with E-state index < -0.39 is 0 Å². The Labute approximate surface area is 97.9 Å². The largest absolute Gasteiger partial charge is 0.393 e. The molecule has 16 heavy (non-hydrogen) atoms. The molecule has 1 atom stereocenters. The van der Waals surface area contributed by atoms with Crippen molar-refractivity contribution in [3.05, 3.63) is 29.3 Å². The van der Waals surface area contributed by atoms with Crippen molar-refractivity contribution in [1.82, 2.24) is 0 Å². The van der Waals surface area contributed by atoms with Crippen LogP contribution in [0.1, 0.15) is 30.9 Å². The summed E-state index contributed by atoms with van der Waals surface area (Å²) in [5.74, 6) is 0. The molecule has 2 rings (SSSR count). The molecule has 0 aromatic heterocycles. The lowest BCUT2D eigenvalue weighted by Gasteiger charge is -2.30. The van der Waals surface area contributed by atoms with Gasteiger partial charge < -0.3 is 10.0 Å². The molecule has 88 valence electrons. The summed E-state index contributed by atoms with van der Waals surface area (Å²) in [6, 6.07) is 6.58. The molecule has 0 aliphatic carbocycles. The van der Waals surface area contributed by atoms with Crippen molar-refractivity contribution >= 4 is 5.69 Å². The number of rotatable bonds is 3. The van der Waals surface area contributed by atoms with Crippen LogP contribution in [0.5, 0.6) is 0 Å². The number of fused-ring (bicyclic) bond motifs is 1. The normalized spacial score (nSPS) is 17.1. The SMILES string of the molecule is CC(O)CCc1cccc2c1N(C)CCC2. The first-order valence-electron chi connectivity index (χ1n) is 6.18. The summed E-state index contributed by atoms with van der Waals surface area (Å²) in [6.45, 7) is 3.01. The molecule has 0 bridgehead atoms. The van der Waals surface area contributed by atoms with Crippen molar-refractivity contribution in [3.8, 4) is 0 Å². The minimum atomic E-state index is -0.204. The van der Waals surface area contributed by atoms with Crippen molar-refractivity contribution in [3.63, 3.8) is 0 Å². The molecule has 0 saturated carbocycles. The maximum absolute atomic E-state index is 9.37. The minimum absolute atomic E-state index is 0.204. The Morgan fingerprint density at radius 1 is 1.44 bits per heavy atom. The van der Waals surface area contributed by atoms with E-state index in [2.05, 4.69) is 30.1 Å². The fraction of sp³-hybridized carbons (Fsp3) is 0.571. The van der Waals surface area contributed by atoms with Crippen LogP contribution in [0.15, 0.2) is 18.2 Å². The number of nitrogens with zero attached hydrogens (tertiary/aromatic N) is 1. The Balaban J connectivity index is 2.24. The maximum atomic E-state index is 9.37. The molecule has 1 unspecified atom stereocenters. The van der Waals surface area contributed by atoms with Gasteiger partial charge in [0, 0.05) is 19.3 Å². The first-order chi connectivity index (χ1) is 7.68. The molecule has 1 aromatic rings. The highest BCUT2D eigenvalue weighted by molar-refractivity contribution is 5.60. The van der Waals surface area contributed by atoms with E-state index in [1.807, 2.05) is 6.92 Å². The van der Waals surface area contributed by atoms with Crippen LogP contribution < -0.4 is 4.90 Å². The van der Waals surface area contributed by atoms with Gasteiger partial charge in [0.1, 0.15) is 0 Å². The molecule has 1 aliphatic heterocycles. The zero-order chi connectivity index (χ0) is 11.5. The highest BCUT2D eigenvalue weighted by Gasteiger charge is 2.16. The topological polar surface area (TPSA) is 23.5 Å². The van der Waals surface area contributed by atoms with Gasteiger partial charge in [-0.2, -0.15) is 0 Å². The van der Waals surface area contributed by atoms with Crippen LogP contribution in [0.4, 0.5) is 5.69 Å². The van der Waals surface area contributed by atoms with Crippen molar-refractivity contribution in [2.75, 3.05) is 18.5 Å². The van der Waals surface area contributed by atoms with Crippen LogP contribution in [0, 0.1) is 0 Å². The summed E-state index contributed by atoms with van der Waals surface area (Å²) in [4.78, 5) is 2.36. The van der Waals surface area contributed by atoms with Crippen LogP contribution in [0.2, 0.25) is 0 Å². The highest BCUT2D eigenvalue weighted by Crippen LogP contribution is 2.30. The Bertz CT molecular complexity index is 360. The molecule has 0 amide bonds. The Morgan fingerprint density at radius 3 is 3.00 bits per heavy atom. The number of aliphatic hydroxyl groups is 1. The van der Waals surface area contributed by atoms with E-state index in [1.165, 1.54) is 29.7 Å². The molecule has 1 aliphatic rings. The second-order valence-electron chi connectivity index (χ2n) is 4.84. The van der Waals surface area contributed by atoms with Crippen molar-refractivity contribution in [1.29, 1.82) is 0 Å². The second-order valence-corrected chi connectivity index (χ2v) is 4.84. The number of aliphatic hydroxyl groups excluding tert-OH is 1. The third kappa shape index (κ3) is 2.38. The first kappa shape index (κ1) is 11.5. The van der Waals surface area contributed by atoms with E-state index in [0.717, 1.165) is 19.4 Å². The van der Waals surface area contributed by atoms with E-state index in [4.69, 9.17) is 0 Å². The number of anilines is 1. The maximum Gasteiger partial charge on any atom is 0.0515 e. The Morgan fingerprint density at radius 2 is 2.25 bits per heavy atom. The predicted octanol–water partition coefficient (Wildman–Crippen LogP) is 2.38. The van der Waals surface area contributed by atoms with Gasteiger partial charge in [-0.1, -0.05) is 18.2 Å². The van der Waals surface area contributed by atoms with Crippen molar-refractivity contribution in [2.45, 2.75) is 38.7 Å². The number of para-hydroxylation sites is 1. The summed E-state index contributed by atoms with van der Waals surface area (Å²) in [7, 11) is 2.17. The average molecular weight is 219 g/mol. The van der Waals surface area contributed by atoms with E-state index in [-0.39, 0.29) is 6.10 Å². The molecule has 0 saturated heterocycles. The summed E-state index contributed by atoms with van der Waals surface area (Å²) in [6.07, 6.45) is 4.07. The zero-order valence-corrected chi connectivity index (χ0v) is 10.2. The molecule has 2 heteroatoms. The highest BCUT2D eigenvalue weighted by atomic mass is 16.3. The average Bonchev–Trinajstić information content (AvgIpc) is 2.26. The molecule has 0 radical (unpaired) electrons. The molecular weight excluding hydrogens is 198 g/mol. The summed E-state index contributed by atoms with van der Waals surface area (Å²) in [5, 5.41) is 9.37. The van der Waals surface area contributed by atoms with E-state index in [1.54, 1.807) is 0 Å². The van der Waals surface area contributed by atoms with Crippen LogP contribution in [-0.4, -0.2) is 24.8 Å². The van der Waals surface area contributed by atoms with Gasteiger partial charge in [-0.05, 0) is 43.7 Å². The van der Waals surface area contributed by atoms with E-state index >= 15 is 0 Å². The Kier molecular flexibility index (Phi) is 3.49. The quantitative estimate of drug-likeness (QED) is 0.843. The van der Waals surface area contributed by atoms with Gasteiger partial charge >= 0.3 is 0 Å². The monoisotopic (exact) mass is 219 g/mol. The van der Waals surface area contributed by atoms with Crippen LogP contribution >= 0.6 is 0 Å². The fourth-order valence-electron chi connectivity index (χ4n) is 2.52. The summed E-state index contributed by atoms with van der Waals surface area (Å²) in [5.41, 5.74) is 4.27. The van der Waals surface area contributed by atoms with Gasteiger partial charge in [0.05, 0.1) is 6.10 Å². The van der Waals surface area contributed by atoms with Gasteiger partial charge in [0.2, 0.25) is 0 Å². The predicted molar refractivity (Wildman–Crippen MR) is 68.0 cm³/mol. The van der Waals surface area contributed by atoms with Crippen LogP contribution in [0.25, 0.3) is 0 Å². The van der Waals surface area contributed by atoms with Gasteiger partial charge in [0.25, 0.3) is 0 Å². The number of aryl methyl sites for hydroxylation is 2. The van der Waals surface area contributed by atoms with Gasteiger partial charge in [-0.3, -0.25) is 0 Å². The molecule has 1 aromatic carbocycles. The lowest BCUT2D eigenvalue weighted by molar-refractivity contribution is 0.185. The third-order valence-corrected chi connectivity index (χ3v) is 3.36. The molecule has 2 nitrogen and oxygen atoms in total. The molecular formula is C14H21NO. The standard InChI is InChI=1S/C14H21NO/c1-11(16)8-9-13-6-3-5-12-7-4-10-15(2)14(12)13/h3,5-6,11,16H,4,7-10H2,1-2H3. The van der Waals surface area contributed by atoms with E-state index in [0.29, 0.717) is 0 Å². The number of hydrogen-bond acceptors (Lipinski definition) is 2. The van der Waals surface area contributed by atoms with Gasteiger partial charge in [-0.15, -0.1) is 0 Å². The molecule has 0 fully saturated rings. The smallest absolute Gasteiger partial charge is 0.0515 e. The van der Waals surface area contributed by atoms with Gasteiger partial charge in [-0.25, -0.2) is 0 Å². The minimum Gasteiger partial charge on any atom is -0.393 e. The van der Waals surface area contributed by atoms with Crippen LogP contribution in [-0.2, 0) is 12.8 Å². The lowest BCUT2D eigenvalue weighted by Crippen LogP contribution is -2.26. The van der Waals surface area contributed by atoms with Crippen LogP contribution in [0.3, 0.4) is 0 Å². The molecule has 0 spiro atoms. The third-order valence-electron chi connectivity index (χ3n) is 3.36. The summed E-state index contributed by atoms with van der Waals surface area (Å²) < 4.78 is 0. The number of benzene rings is 1. The van der Waals surface area contributed by atoms with Crippen molar-refractivity contribution < 1.29 is 5.11 Å². The molecule has 1 N–H and O–H groups in total. The summed E-state index contributed by atoms with van der Waals surface area (Å²) >= 11 is 0. The van der Waals surface area contributed by atoms with Crippen molar-refractivity contribution in [2.24, 2.45) is 0 Å². The fourth-order valence-corrected chi connectivity index (χ4v) is 2.52. The first-order valence-corrected chi connectivity index (χ1v) is 6.18.